The number of aromatic nitrogens is 2. The van der Waals surface area contributed by atoms with Gasteiger partial charge in [0, 0.05) is 6.20 Å². The van der Waals surface area contributed by atoms with Gasteiger partial charge in [0.05, 0.1) is 11.4 Å². The molecule has 0 amide bonds. The van der Waals surface area contributed by atoms with Crippen molar-refractivity contribution in [1.82, 2.24) is 9.97 Å². The summed E-state index contributed by atoms with van der Waals surface area (Å²) < 4.78 is 0. The van der Waals surface area contributed by atoms with Crippen molar-refractivity contribution in [1.29, 1.82) is 0 Å². The van der Waals surface area contributed by atoms with Gasteiger partial charge in [-0.2, -0.15) is 0 Å². The molecule has 0 unspecified atom stereocenters. The van der Waals surface area contributed by atoms with Gasteiger partial charge in [0.2, 0.25) is 0 Å². The number of hydrogen-bond donors (Lipinski definition) is 2. The molecular weight excluding hydrogens is 194 g/mol. The van der Waals surface area contributed by atoms with Crippen molar-refractivity contribution < 1.29 is 9.90 Å². The van der Waals surface area contributed by atoms with Crippen molar-refractivity contribution in [2.45, 2.75) is 33.2 Å². The van der Waals surface area contributed by atoms with Crippen LogP contribution in [0.15, 0.2) is 6.20 Å². The number of hydrogen-bond acceptors (Lipinski definition) is 4. The molecule has 0 saturated heterocycles. The maximum absolute atomic E-state index is 10.9. The summed E-state index contributed by atoms with van der Waals surface area (Å²) in [5.41, 5.74) is 0.395. The van der Waals surface area contributed by atoms with Crippen molar-refractivity contribution in [3.8, 4) is 0 Å². The summed E-state index contributed by atoms with van der Waals surface area (Å²) in [6.07, 6.45) is 1.65. The average Bonchev–Trinajstić information content (AvgIpc) is 2.10. The third-order valence-corrected chi connectivity index (χ3v) is 2.04. The fourth-order valence-corrected chi connectivity index (χ4v) is 1.01. The van der Waals surface area contributed by atoms with Gasteiger partial charge in [0.1, 0.15) is 11.4 Å². The Morgan fingerprint density at radius 2 is 2.07 bits per heavy atom. The summed E-state index contributed by atoms with van der Waals surface area (Å²) in [5, 5.41) is 11.8. The van der Waals surface area contributed by atoms with Crippen LogP contribution in [0, 0.1) is 13.8 Å². The normalized spacial score (nSPS) is 11.2. The van der Waals surface area contributed by atoms with Crippen molar-refractivity contribution in [3.63, 3.8) is 0 Å². The molecule has 15 heavy (non-hydrogen) atoms. The van der Waals surface area contributed by atoms with Gasteiger partial charge in [-0.3, -0.25) is 4.98 Å². The van der Waals surface area contributed by atoms with Gasteiger partial charge in [-0.15, -0.1) is 0 Å². The van der Waals surface area contributed by atoms with Crippen LogP contribution in [0.3, 0.4) is 0 Å². The van der Waals surface area contributed by atoms with Crippen molar-refractivity contribution in [2.75, 3.05) is 5.32 Å². The van der Waals surface area contributed by atoms with Crippen molar-refractivity contribution >= 4 is 11.8 Å². The Balaban J connectivity index is 2.99. The number of rotatable bonds is 3. The molecule has 0 radical (unpaired) electrons. The highest BCUT2D eigenvalue weighted by Crippen LogP contribution is 2.15. The van der Waals surface area contributed by atoms with Crippen molar-refractivity contribution in [2.24, 2.45) is 0 Å². The maximum Gasteiger partial charge on any atom is 0.328 e. The molecule has 1 rings (SSSR count). The lowest BCUT2D eigenvalue weighted by Gasteiger charge is -2.22. The fraction of sp³-hybridized carbons (Fsp3) is 0.500. The zero-order valence-corrected chi connectivity index (χ0v) is 9.33. The first-order chi connectivity index (χ1) is 6.83. The van der Waals surface area contributed by atoms with Gasteiger partial charge in [0.25, 0.3) is 0 Å². The predicted molar refractivity (Wildman–Crippen MR) is 56.8 cm³/mol. The highest BCUT2D eigenvalue weighted by Gasteiger charge is 2.27. The average molecular weight is 209 g/mol. The Labute approximate surface area is 88.6 Å². The van der Waals surface area contributed by atoms with Crippen LogP contribution in [-0.2, 0) is 4.79 Å². The first kappa shape index (κ1) is 11.4. The fourth-order valence-electron chi connectivity index (χ4n) is 1.01. The molecule has 0 spiro atoms. The standard InChI is InChI=1S/C10H15N3O2/c1-6-5-11-7(2)8(12-6)13-10(3,4)9(14)15/h5H,1-4H3,(H,12,13)(H,14,15). The third kappa shape index (κ3) is 2.65. The molecule has 1 heterocycles. The smallest absolute Gasteiger partial charge is 0.328 e. The molecule has 0 saturated carbocycles. The zero-order valence-electron chi connectivity index (χ0n) is 9.33. The maximum atomic E-state index is 10.9. The van der Waals surface area contributed by atoms with E-state index >= 15 is 0 Å². The minimum absolute atomic E-state index is 0.516. The van der Waals surface area contributed by atoms with E-state index in [1.807, 2.05) is 6.92 Å². The van der Waals surface area contributed by atoms with E-state index in [0.717, 1.165) is 5.69 Å². The minimum atomic E-state index is -1.05. The van der Waals surface area contributed by atoms with E-state index in [2.05, 4.69) is 15.3 Å². The number of carbonyl (C=O) groups is 1. The Morgan fingerprint density at radius 3 is 2.60 bits per heavy atom. The van der Waals surface area contributed by atoms with Crippen LogP contribution in [0.25, 0.3) is 0 Å². The Hall–Kier alpha value is -1.65. The molecule has 0 aliphatic rings. The number of nitrogens with zero attached hydrogens (tertiary/aromatic N) is 2. The lowest BCUT2D eigenvalue weighted by Crippen LogP contribution is -2.40. The molecule has 5 heteroatoms. The molecule has 0 atom stereocenters. The lowest BCUT2D eigenvalue weighted by molar-refractivity contribution is -0.141. The van der Waals surface area contributed by atoms with Crippen LogP contribution in [0.5, 0.6) is 0 Å². The molecule has 0 aliphatic carbocycles. The number of aryl methyl sites for hydroxylation is 2. The van der Waals surface area contributed by atoms with Crippen LogP contribution in [0.2, 0.25) is 0 Å². The van der Waals surface area contributed by atoms with E-state index in [1.165, 1.54) is 0 Å². The number of carboxylic acid groups (broad SMARTS) is 1. The SMILES string of the molecule is Cc1cnc(C)c(NC(C)(C)C(=O)O)n1. The number of anilines is 1. The summed E-state index contributed by atoms with van der Waals surface area (Å²) in [6.45, 7) is 6.76. The lowest BCUT2D eigenvalue weighted by atomic mass is 10.1. The van der Waals surface area contributed by atoms with Gasteiger partial charge < -0.3 is 10.4 Å². The van der Waals surface area contributed by atoms with E-state index in [1.54, 1.807) is 27.0 Å². The second-order valence-electron chi connectivity index (χ2n) is 4.00. The third-order valence-electron chi connectivity index (χ3n) is 2.04. The number of nitrogens with one attached hydrogen (secondary N) is 1. The van der Waals surface area contributed by atoms with E-state index < -0.39 is 11.5 Å². The predicted octanol–water partition coefficient (Wildman–Crippen LogP) is 1.37. The molecule has 0 aliphatic heterocycles. The van der Waals surface area contributed by atoms with Crippen molar-refractivity contribution in [3.05, 3.63) is 17.6 Å². The molecule has 2 N–H and O–H groups in total. The first-order valence-corrected chi connectivity index (χ1v) is 4.65. The second kappa shape index (κ2) is 3.84. The topological polar surface area (TPSA) is 75.1 Å². The van der Waals surface area contributed by atoms with Gasteiger partial charge >= 0.3 is 5.97 Å². The van der Waals surface area contributed by atoms with Gasteiger partial charge in [-0.25, -0.2) is 9.78 Å². The Kier molecular flexibility index (Phi) is 2.93. The van der Waals surface area contributed by atoms with E-state index in [4.69, 9.17) is 5.11 Å². The molecule has 0 aromatic carbocycles. The van der Waals surface area contributed by atoms with Crippen LogP contribution in [0.4, 0.5) is 5.82 Å². The summed E-state index contributed by atoms with van der Waals surface area (Å²) in [6, 6.07) is 0. The monoisotopic (exact) mass is 209 g/mol. The summed E-state index contributed by atoms with van der Waals surface area (Å²) in [7, 11) is 0. The highest BCUT2D eigenvalue weighted by molar-refractivity contribution is 5.81. The summed E-state index contributed by atoms with van der Waals surface area (Å²) in [4.78, 5) is 19.2. The van der Waals surface area contributed by atoms with Crippen LogP contribution in [0.1, 0.15) is 25.2 Å². The Bertz CT molecular complexity index is 388. The minimum Gasteiger partial charge on any atom is -0.480 e. The number of aliphatic carboxylic acids is 1. The molecule has 0 bridgehead atoms. The first-order valence-electron chi connectivity index (χ1n) is 4.65. The number of carboxylic acids is 1. The second-order valence-corrected chi connectivity index (χ2v) is 4.00. The van der Waals surface area contributed by atoms with E-state index in [-0.39, 0.29) is 0 Å². The molecular formula is C10H15N3O2. The summed E-state index contributed by atoms with van der Waals surface area (Å²) in [5.74, 6) is -0.410. The molecule has 0 fully saturated rings. The van der Waals surface area contributed by atoms with Gasteiger partial charge in [0.15, 0.2) is 0 Å². The van der Waals surface area contributed by atoms with Crippen LogP contribution >= 0.6 is 0 Å². The van der Waals surface area contributed by atoms with Crippen LogP contribution < -0.4 is 5.32 Å². The summed E-state index contributed by atoms with van der Waals surface area (Å²) >= 11 is 0. The molecule has 5 nitrogen and oxygen atoms in total. The zero-order chi connectivity index (χ0) is 11.6. The van der Waals surface area contributed by atoms with Crippen LogP contribution in [-0.4, -0.2) is 26.6 Å². The van der Waals surface area contributed by atoms with Gasteiger partial charge in [-0.05, 0) is 27.7 Å². The molecule has 1 aromatic heterocycles. The quantitative estimate of drug-likeness (QED) is 0.786. The largest absolute Gasteiger partial charge is 0.480 e. The van der Waals surface area contributed by atoms with Gasteiger partial charge in [-0.1, -0.05) is 0 Å². The molecule has 1 aromatic rings. The highest BCUT2D eigenvalue weighted by atomic mass is 16.4. The van der Waals surface area contributed by atoms with E-state index in [0.29, 0.717) is 11.5 Å². The van der Waals surface area contributed by atoms with E-state index in [9.17, 15) is 4.79 Å². The Morgan fingerprint density at radius 1 is 1.47 bits per heavy atom. The molecule has 82 valence electrons.